The molecule has 0 saturated carbocycles. The standard InChI is InChI=1S/C18H20F3N3O6/c1-26-12-5-4-11(10-13(12)27-2)14-22-17(15(25)28-3,18(19,20)21)23-16(30-14)24-6-8-29-9-7-24/h4-5,10H,6-9H2,1-3H3/t17-/m0/s1. The van der Waals surface area contributed by atoms with Crippen LogP contribution in [0.4, 0.5) is 13.2 Å². The van der Waals surface area contributed by atoms with E-state index in [-0.39, 0.29) is 37.6 Å². The Hall–Kier alpha value is -3.02. The Kier molecular flexibility index (Phi) is 6.06. The number of ether oxygens (including phenoxy) is 5. The molecule has 0 bridgehead atoms. The molecule has 0 spiro atoms. The molecular weight excluding hydrogens is 411 g/mol. The summed E-state index contributed by atoms with van der Waals surface area (Å²) in [6, 6.07) is 3.90. The smallest absolute Gasteiger partial charge is 0.446 e. The van der Waals surface area contributed by atoms with Gasteiger partial charge in [0.15, 0.2) is 11.5 Å². The lowest BCUT2D eigenvalue weighted by atomic mass is 10.1. The Morgan fingerprint density at radius 3 is 2.33 bits per heavy atom. The minimum absolute atomic E-state index is 0.130. The van der Waals surface area contributed by atoms with Crippen LogP contribution in [0.2, 0.25) is 0 Å². The largest absolute Gasteiger partial charge is 0.493 e. The van der Waals surface area contributed by atoms with Crippen LogP contribution in [0.25, 0.3) is 0 Å². The van der Waals surface area contributed by atoms with Gasteiger partial charge in [-0.05, 0) is 18.2 Å². The van der Waals surface area contributed by atoms with Crippen molar-refractivity contribution in [2.45, 2.75) is 11.8 Å². The Morgan fingerprint density at radius 1 is 1.10 bits per heavy atom. The Balaban J connectivity index is 2.15. The molecule has 2 heterocycles. The third-order valence-corrected chi connectivity index (χ3v) is 4.49. The summed E-state index contributed by atoms with van der Waals surface area (Å²) in [6.07, 6.45) is -5.18. The van der Waals surface area contributed by atoms with E-state index in [9.17, 15) is 18.0 Å². The van der Waals surface area contributed by atoms with Gasteiger partial charge in [-0.15, -0.1) is 0 Å². The second-order valence-electron chi connectivity index (χ2n) is 6.24. The van der Waals surface area contributed by atoms with Crippen molar-refractivity contribution in [3.63, 3.8) is 0 Å². The molecule has 1 aromatic carbocycles. The molecule has 1 atom stereocenters. The molecule has 30 heavy (non-hydrogen) atoms. The molecule has 9 nitrogen and oxygen atoms in total. The summed E-state index contributed by atoms with van der Waals surface area (Å²) in [6.45, 7) is 0.991. The van der Waals surface area contributed by atoms with E-state index < -0.39 is 29.7 Å². The summed E-state index contributed by atoms with van der Waals surface area (Å²) in [4.78, 5) is 20.8. The van der Waals surface area contributed by atoms with Crippen LogP contribution in [0, 0.1) is 0 Å². The van der Waals surface area contributed by atoms with Crippen LogP contribution in [-0.4, -0.2) is 82.3 Å². The van der Waals surface area contributed by atoms with Gasteiger partial charge >= 0.3 is 17.8 Å². The molecule has 1 saturated heterocycles. The van der Waals surface area contributed by atoms with Gasteiger partial charge in [0.2, 0.25) is 5.90 Å². The van der Waals surface area contributed by atoms with Crippen LogP contribution >= 0.6 is 0 Å². The highest BCUT2D eigenvalue weighted by atomic mass is 19.4. The van der Waals surface area contributed by atoms with Gasteiger partial charge in [-0.1, -0.05) is 0 Å². The molecule has 0 radical (unpaired) electrons. The number of halogens is 3. The summed E-state index contributed by atoms with van der Waals surface area (Å²) >= 11 is 0. The third kappa shape index (κ3) is 3.86. The summed E-state index contributed by atoms with van der Waals surface area (Å²) < 4.78 is 67.8. The second-order valence-corrected chi connectivity index (χ2v) is 6.24. The number of rotatable bonds is 4. The van der Waals surface area contributed by atoms with Crippen molar-refractivity contribution in [3.8, 4) is 11.5 Å². The van der Waals surface area contributed by atoms with Crippen LogP contribution in [0.1, 0.15) is 5.56 Å². The Morgan fingerprint density at radius 2 is 1.77 bits per heavy atom. The summed E-state index contributed by atoms with van der Waals surface area (Å²) in [5.41, 5.74) is -3.37. The van der Waals surface area contributed by atoms with Crippen molar-refractivity contribution in [1.82, 2.24) is 4.90 Å². The van der Waals surface area contributed by atoms with Crippen molar-refractivity contribution >= 4 is 17.9 Å². The van der Waals surface area contributed by atoms with Crippen LogP contribution in [0.15, 0.2) is 28.2 Å². The molecule has 3 rings (SSSR count). The zero-order valence-electron chi connectivity index (χ0n) is 16.5. The molecular formula is C18H20F3N3O6. The Bertz CT molecular complexity index is 867. The molecule has 164 valence electrons. The fraction of sp³-hybridized carbons (Fsp3) is 0.500. The first-order valence-electron chi connectivity index (χ1n) is 8.83. The minimum atomic E-state index is -5.18. The van der Waals surface area contributed by atoms with Gasteiger partial charge in [0.25, 0.3) is 6.02 Å². The fourth-order valence-electron chi connectivity index (χ4n) is 2.90. The highest BCUT2D eigenvalue weighted by Crippen LogP contribution is 2.40. The number of alkyl halides is 3. The lowest BCUT2D eigenvalue weighted by Crippen LogP contribution is -2.55. The molecule has 1 aromatic rings. The van der Waals surface area contributed by atoms with E-state index in [0.29, 0.717) is 5.75 Å². The SMILES string of the molecule is COC(=O)[C@]1(C(F)(F)F)N=C(c2ccc(OC)c(OC)c2)OC(N2CCOCC2)=N1. The minimum Gasteiger partial charge on any atom is -0.493 e. The molecule has 1 fully saturated rings. The van der Waals surface area contributed by atoms with E-state index in [1.54, 1.807) is 0 Å². The Labute approximate surface area is 170 Å². The van der Waals surface area contributed by atoms with Crippen molar-refractivity contribution in [2.24, 2.45) is 9.98 Å². The number of amidine groups is 1. The van der Waals surface area contributed by atoms with E-state index in [1.165, 1.54) is 37.3 Å². The predicted molar refractivity (Wildman–Crippen MR) is 97.8 cm³/mol. The number of aliphatic imine (C=N–C) groups is 2. The van der Waals surface area contributed by atoms with Gasteiger partial charge in [-0.3, -0.25) is 0 Å². The number of carbonyl (C=O) groups excluding carboxylic acids is 1. The first-order valence-corrected chi connectivity index (χ1v) is 8.83. The molecule has 0 unspecified atom stereocenters. The van der Waals surface area contributed by atoms with Crippen LogP contribution in [0.3, 0.4) is 0 Å². The quantitative estimate of drug-likeness (QED) is 0.669. The number of methoxy groups -OCH3 is 3. The summed E-state index contributed by atoms with van der Waals surface area (Å²) in [7, 11) is 3.63. The number of benzene rings is 1. The summed E-state index contributed by atoms with van der Waals surface area (Å²) in [5, 5.41) is 0. The van der Waals surface area contributed by atoms with Crippen LogP contribution < -0.4 is 9.47 Å². The molecule has 2 aliphatic rings. The first kappa shape index (κ1) is 21.7. The van der Waals surface area contributed by atoms with Crippen molar-refractivity contribution in [3.05, 3.63) is 23.8 Å². The number of morpholine rings is 1. The number of hydrogen-bond donors (Lipinski definition) is 0. The maximum atomic E-state index is 14.1. The lowest BCUT2D eigenvalue weighted by Gasteiger charge is -2.35. The van der Waals surface area contributed by atoms with Gasteiger partial charge in [0.1, 0.15) is 0 Å². The molecule has 0 amide bonds. The number of esters is 1. The average molecular weight is 431 g/mol. The molecule has 12 heteroatoms. The normalized spacial score (nSPS) is 21.9. The number of carbonyl (C=O) groups is 1. The highest BCUT2D eigenvalue weighted by molar-refractivity contribution is 6.05. The second kappa shape index (κ2) is 8.38. The van der Waals surface area contributed by atoms with Crippen molar-refractivity contribution in [1.29, 1.82) is 0 Å². The maximum absolute atomic E-state index is 14.1. The molecule has 0 N–H and O–H groups in total. The van der Waals surface area contributed by atoms with E-state index in [4.69, 9.17) is 18.9 Å². The summed E-state index contributed by atoms with van der Waals surface area (Å²) in [5.74, 6) is -1.54. The van der Waals surface area contributed by atoms with Gasteiger partial charge in [0.05, 0.1) is 34.5 Å². The maximum Gasteiger partial charge on any atom is 0.446 e. The molecule has 0 aliphatic carbocycles. The zero-order chi connectivity index (χ0) is 21.9. The molecule has 2 aliphatic heterocycles. The topological polar surface area (TPSA) is 91.2 Å². The number of hydrogen-bond acceptors (Lipinski definition) is 9. The van der Waals surface area contributed by atoms with E-state index in [1.807, 2.05) is 0 Å². The van der Waals surface area contributed by atoms with Gasteiger partial charge < -0.3 is 28.6 Å². The van der Waals surface area contributed by atoms with Gasteiger partial charge in [-0.2, -0.15) is 23.2 Å². The monoisotopic (exact) mass is 431 g/mol. The van der Waals surface area contributed by atoms with Crippen molar-refractivity contribution in [2.75, 3.05) is 47.6 Å². The van der Waals surface area contributed by atoms with Gasteiger partial charge in [-0.25, -0.2) is 4.79 Å². The fourth-order valence-corrected chi connectivity index (χ4v) is 2.90. The van der Waals surface area contributed by atoms with E-state index in [2.05, 4.69) is 14.7 Å². The first-order chi connectivity index (χ1) is 14.3. The van der Waals surface area contributed by atoms with Crippen LogP contribution in [0.5, 0.6) is 11.5 Å². The van der Waals surface area contributed by atoms with E-state index >= 15 is 0 Å². The third-order valence-electron chi connectivity index (χ3n) is 4.49. The van der Waals surface area contributed by atoms with E-state index in [0.717, 1.165) is 7.11 Å². The van der Waals surface area contributed by atoms with Crippen LogP contribution in [-0.2, 0) is 19.0 Å². The van der Waals surface area contributed by atoms with Gasteiger partial charge in [0, 0.05) is 18.7 Å². The van der Waals surface area contributed by atoms with Crippen molar-refractivity contribution < 1.29 is 41.7 Å². The zero-order valence-corrected chi connectivity index (χ0v) is 16.5. The average Bonchev–Trinajstić information content (AvgIpc) is 2.77. The highest BCUT2D eigenvalue weighted by Gasteiger charge is 2.65. The lowest BCUT2D eigenvalue weighted by molar-refractivity contribution is -0.202. The number of nitrogens with zero attached hydrogens (tertiary/aromatic N) is 3. The molecule has 0 aromatic heterocycles. The predicted octanol–water partition coefficient (Wildman–Crippen LogP) is 1.60.